The van der Waals surface area contributed by atoms with Gasteiger partial charge in [0.25, 0.3) is 0 Å². The second-order valence-electron chi connectivity index (χ2n) is 5.42. The summed E-state index contributed by atoms with van der Waals surface area (Å²) >= 11 is 0. The number of fused-ring (bicyclic) bond motifs is 1. The third-order valence-electron chi connectivity index (χ3n) is 4.59. The lowest BCUT2D eigenvalue weighted by Gasteiger charge is -2.39. The molecule has 0 spiro atoms. The van der Waals surface area contributed by atoms with Crippen molar-refractivity contribution in [3.63, 3.8) is 0 Å². The molecule has 3 rings (SSSR count). The van der Waals surface area contributed by atoms with E-state index < -0.39 is 0 Å². The third-order valence-corrected chi connectivity index (χ3v) is 4.59. The van der Waals surface area contributed by atoms with E-state index in [1.54, 1.807) is 11.1 Å². The molecule has 0 radical (unpaired) electrons. The van der Waals surface area contributed by atoms with Gasteiger partial charge in [-0.05, 0) is 55.7 Å². The molecule has 86 valence electrons. The molecule has 0 aromatic heterocycles. The Morgan fingerprint density at radius 3 is 2.75 bits per heavy atom. The Labute approximate surface area is 98.3 Å². The average Bonchev–Trinajstić information content (AvgIpc) is 2.21. The summed E-state index contributed by atoms with van der Waals surface area (Å²) in [5, 5.41) is 3.53. The van der Waals surface area contributed by atoms with Gasteiger partial charge in [0, 0.05) is 6.04 Å². The van der Waals surface area contributed by atoms with Crippen LogP contribution in [0.25, 0.3) is 0 Å². The van der Waals surface area contributed by atoms with Crippen molar-refractivity contribution in [1.82, 2.24) is 5.32 Å². The molecular formula is C15H21N. The van der Waals surface area contributed by atoms with E-state index in [4.69, 9.17) is 0 Å². The smallest absolute Gasteiger partial charge is 0.00982 e. The Morgan fingerprint density at radius 1 is 1.31 bits per heavy atom. The van der Waals surface area contributed by atoms with Crippen LogP contribution in [-0.2, 0) is 6.42 Å². The van der Waals surface area contributed by atoms with Crippen molar-refractivity contribution in [3.8, 4) is 0 Å². The largest absolute Gasteiger partial charge is 0.317 e. The van der Waals surface area contributed by atoms with Gasteiger partial charge in [0.2, 0.25) is 0 Å². The molecule has 1 fully saturated rings. The van der Waals surface area contributed by atoms with E-state index >= 15 is 0 Å². The van der Waals surface area contributed by atoms with Crippen LogP contribution in [-0.4, -0.2) is 13.1 Å². The summed E-state index contributed by atoms with van der Waals surface area (Å²) < 4.78 is 0. The van der Waals surface area contributed by atoms with Gasteiger partial charge in [-0.15, -0.1) is 0 Å². The van der Waals surface area contributed by atoms with E-state index in [1.807, 2.05) is 0 Å². The van der Waals surface area contributed by atoms with E-state index in [1.165, 1.54) is 32.1 Å². The first-order valence-electron chi connectivity index (χ1n) is 6.63. The molecular weight excluding hydrogens is 194 g/mol. The zero-order valence-corrected chi connectivity index (χ0v) is 10.1. The van der Waals surface area contributed by atoms with Gasteiger partial charge >= 0.3 is 0 Å². The summed E-state index contributed by atoms with van der Waals surface area (Å²) in [5.74, 6) is 1.78. The van der Waals surface area contributed by atoms with Crippen LogP contribution in [0.5, 0.6) is 0 Å². The van der Waals surface area contributed by atoms with Gasteiger partial charge in [0.05, 0.1) is 0 Å². The van der Waals surface area contributed by atoms with Crippen molar-refractivity contribution in [1.29, 1.82) is 0 Å². The van der Waals surface area contributed by atoms with Crippen LogP contribution < -0.4 is 5.32 Å². The van der Waals surface area contributed by atoms with Crippen LogP contribution in [0, 0.1) is 5.92 Å². The highest BCUT2D eigenvalue weighted by Gasteiger charge is 2.32. The molecule has 0 aliphatic heterocycles. The van der Waals surface area contributed by atoms with E-state index in [2.05, 4.69) is 36.6 Å². The zero-order valence-electron chi connectivity index (χ0n) is 10.1. The minimum Gasteiger partial charge on any atom is -0.317 e. The molecule has 2 aliphatic rings. The van der Waals surface area contributed by atoms with Crippen LogP contribution in [0.1, 0.15) is 42.7 Å². The first-order chi connectivity index (χ1) is 7.88. The molecule has 1 aromatic carbocycles. The second kappa shape index (κ2) is 4.21. The summed E-state index contributed by atoms with van der Waals surface area (Å²) in [4.78, 5) is 0. The molecule has 0 saturated heterocycles. The Kier molecular flexibility index (Phi) is 2.72. The lowest BCUT2D eigenvalue weighted by Crippen LogP contribution is -2.39. The van der Waals surface area contributed by atoms with Gasteiger partial charge in [0.1, 0.15) is 0 Å². The fourth-order valence-corrected chi connectivity index (χ4v) is 3.27. The Balaban J connectivity index is 1.64. The number of hydrogen-bond donors (Lipinski definition) is 1. The van der Waals surface area contributed by atoms with E-state index in [0.29, 0.717) is 0 Å². The van der Waals surface area contributed by atoms with Crippen molar-refractivity contribution in [2.45, 2.75) is 44.1 Å². The molecule has 2 aliphatic carbocycles. The number of benzene rings is 1. The van der Waals surface area contributed by atoms with Gasteiger partial charge in [-0.1, -0.05) is 30.7 Å². The van der Waals surface area contributed by atoms with Crippen LogP contribution in [0.2, 0.25) is 0 Å². The summed E-state index contributed by atoms with van der Waals surface area (Å²) in [6.45, 7) is 0. The molecule has 1 heteroatoms. The van der Waals surface area contributed by atoms with Crippen LogP contribution in [0.4, 0.5) is 0 Å². The third kappa shape index (κ3) is 1.67. The lowest BCUT2D eigenvalue weighted by atomic mass is 9.70. The summed E-state index contributed by atoms with van der Waals surface area (Å²) in [7, 11) is 2.13. The highest BCUT2D eigenvalue weighted by molar-refractivity contribution is 5.39. The minimum atomic E-state index is 0.757. The maximum Gasteiger partial charge on any atom is 0.00982 e. The average molecular weight is 215 g/mol. The van der Waals surface area contributed by atoms with E-state index in [-0.39, 0.29) is 0 Å². The molecule has 1 nitrogen and oxygen atoms in total. The fourth-order valence-electron chi connectivity index (χ4n) is 3.27. The lowest BCUT2D eigenvalue weighted by molar-refractivity contribution is 0.215. The molecule has 1 N–H and O–H groups in total. The summed E-state index contributed by atoms with van der Waals surface area (Å²) in [5.41, 5.74) is 3.19. The number of hydrogen-bond acceptors (Lipinski definition) is 1. The topological polar surface area (TPSA) is 12.0 Å². The van der Waals surface area contributed by atoms with Gasteiger partial charge < -0.3 is 5.32 Å². The van der Waals surface area contributed by atoms with Gasteiger partial charge in [-0.25, -0.2) is 0 Å². The molecule has 2 unspecified atom stereocenters. The predicted octanol–water partition coefficient (Wildman–Crippen LogP) is 3.10. The van der Waals surface area contributed by atoms with Gasteiger partial charge in [-0.3, -0.25) is 0 Å². The Bertz CT molecular complexity index is 367. The van der Waals surface area contributed by atoms with Crippen molar-refractivity contribution in [2.75, 3.05) is 7.05 Å². The van der Waals surface area contributed by atoms with E-state index in [0.717, 1.165) is 17.9 Å². The van der Waals surface area contributed by atoms with Crippen molar-refractivity contribution in [2.24, 2.45) is 5.92 Å². The van der Waals surface area contributed by atoms with Gasteiger partial charge in [-0.2, -0.15) is 0 Å². The highest BCUT2D eigenvalue weighted by Crippen LogP contribution is 2.41. The quantitative estimate of drug-likeness (QED) is 0.813. The monoisotopic (exact) mass is 215 g/mol. The van der Waals surface area contributed by atoms with E-state index in [9.17, 15) is 0 Å². The number of nitrogens with one attached hydrogen (secondary N) is 1. The first-order valence-corrected chi connectivity index (χ1v) is 6.63. The molecule has 16 heavy (non-hydrogen) atoms. The Morgan fingerprint density at radius 2 is 2.12 bits per heavy atom. The second-order valence-corrected chi connectivity index (χ2v) is 5.42. The Hall–Kier alpha value is -0.820. The molecule has 0 heterocycles. The van der Waals surface area contributed by atoms with Crippen LogP contribution >= 0.6 is 0 Å². The number of rotatable bonds is 4. The normalized spacial score (nSPS) is 25.4. The first kappa shape index (κ1) is 10.3. The summed E-state index contributed by atoms with van der Waals surface area (Å²) in [6, 6.07) is 9.70. The molecule has 1 saturated carbocycles. The zero-order chi connectivity index (χ0) is 11.0. The molecule has 1 aromatic rings. The molecule has 2 atom stereocenters. The standard InChI is InChI=1S/C15H21N/c1-16-15(11-6-4-7-11)10-13-9-12-5-2-3-8-14(12)13/h2-3,5,8,11,13,15-16H,4,6-7,9-10H2,1H3. The maximum atomic E-state index is 3.53. The minimum absolute atomic E-state index is 0.757. The predicted molar refractivity (Wildman–Crippen MR) is 67.7 cm³/mol. The van der Waals surface area contributed by atoms with Crippen LogP contribution in [0.3, 0.4) is 0 Å². The molecule has 0 amide bonds. The maximum absolute atomic E-state index is 3.53. The van der Waals surface area contributed by atoms with Gasteiger partial charge in [0.15, 0.2) is 0 Å². The van der Waals surface area contributed by atoms with Crippen molar-refractivity contribution >= 4 is 0 Å². The van der Waals surface area contributed by atoms with Crippen LogP contribution in [0.15, 0.2) is 24.3 Å². The summed E-state index contributed by atoms with van der Waals surface area (Å²) in [6.07, 6.45) is 6.99. The fraction of sp³-hybridized carbons (Fsp3) is 0.600. The SMILES string of the molecule is CNC(CC1Cc2ccccc21)C1CCC1. The van der Waals surface area contributed by atoms with Crippen molar-refractivity contribution < 1.29 is 0 Å². The van der Waals surface area contributed by atoms with Crippen molar-refractivity contribution in [3.05, 3.63) is 35.4 Å². The highest BCUT2D eigenvalue weighted by atomic mass is 14.9. The molecule has 0 bridgehead atoms.